The molecule has 0 radical (unpaired) electrons. The first-order valence-corrected chi connectivity index (χ1v) is 7.93. The molecule has 0 aromatic heterocycles. The van der Waals surface area contributed by atoms with Gasteiger partial charge in [-0.2, -0.15) is 0 Å². The van der Waals surface area contributed by atoms with Crippen molar-refractivity contribution in [3.63, 3.8) is 0 Å². The summed E-state index contributed by atoms with van der Waals surface area (Å²) in [5, 5.41) is 13.2. The van der Waals surface area contributed by atoms with Gasteiger partial charge < -0.3 is 10.4 Å². The largest absolute Gasteiger partial charge is 0.394 e. The molecule has 0 saturated heterocycles. The van der Waals surface area contributed by atoms with E-state index in [2.05, 4.69) is 5.32 Å². The van der Waals surface area contributed by atoms with Crippen LogP contribution < -0.4 is 5.32 Å². The number of nitrogens with one attached hydrogen (secondary N) is 1. The fraction of sp³-hybridized carbons (Fsp3) is 0.538. The topological polar surface area (TPSA) is 66.4 Å². The van der Waals surface area contributed by atoms with Crippen LogP contribution in [0.25, 0.3) is 0 Å². The Morgan fingerprint density at radius 3 is 2.72 bits per heavy atom. The van der Waals surface area contributed by atoms with Crippen molar-refractivity contribution >= 4 is 9.84 Å². The number of fused-ring (bicyclic) bond motifs is 1. The first kappa shape index (κ1) is 12.1. The number of benzene rings is 1. The van der Waals surface area contributed by atoms with Gasteiger partial charge in [-0.3, -0.25) is 0 Å². The maximum atomic E-state index is 12.1. The highest BCUT2D eigenvalue weighted by Gasteiger charge is 2.44. The van der Waals surface area contributed by atoms with E-state index >= 15 is 0 Å². The van der Waals surface area contributed by atoms with Crippen LogP contribution in [0.15, 0.2) is 29.2 Å². The van der Waals surface area contributed by atoms with Gasteiger partial charge in [0.1, 0.15) is 0 Å². The fourth-order valence-electron chi connectivity index (χ4n) is 2.66. The molecule has 1 fully saturated rings. The molecule has 18 heavy (non-hydrogen) atoms. The lowest BCUT2D eigenvalue weighted by Crippen LogP contribution is -2.51. The van der Waals surface area contributed by atoms with Crippen LogP contribution in [0.5, 0.6) is 0 Å². The molecule has 0 bridgehead atoms. The number of rotatable bonds is 3. The minimum Gasteiger partial charge on any atom is -0.394 e. The number of hydrogen-bond acceptors (Lipinski definition) is 4. The van der Waals surface area contributed by atoms with Gasteiger partial charge in [0.05, 0.1) is 22.8 Å². The van der Waals surface area contributed by atoms with Gasteiger partial charge in [-0.05, 0) is 30.9 Å². The Morgan fingerprint density at radius 2 is 2.06 bits per heavy atom. The normalized spacial score (nSPS) is 29.8. The maximum absolute atomic E-state index is 12.1. The van der Waals surface area contributed by atoms with Gasteiger partial charge in [0.15, 0.2) is 9.84 Å². The van der Waals surface area contributed by atoms with Crippen molar-refractivity contribution in [3.05, 3.63) is 29.8 Å². The molecule has 1 aliphatic carbocycles. The molecule has 0 spiro atoms. The molecular formula is C13H17NO3S. The van der Waals surface area contributed by atoms with Crippen LogP contribution in [0, 0.1) is 0 Å². The van der Waals surface area contributed by atoms with Crippen LogP contribution in [-0.4, -0.2) is 31.9 Å². The van der Waals surface area contributed by atoms with Crippen molar-refractivity contribution in [2.45, 2.75) is 35.7 Å². The Morgan fingerprint density at radius 1 is 1.33 bits per heavy atom. The van der Waals surface area contributed by atoms with Gasteiger partial charge in [0.2, 0.25) is 0 Å². The lowest BCUT2D eigenvalue weighted by atomic mass is 9.87. The van der Waals surface area contributed by atoms with Crippen LogP contribution >= 0.6 is 0 Å². The van der Waals surface area contributed by atoms with E-state index in [9.17, 15) is 13.5 Å². The summed E-state index contributed by atoms with van der Waals surface area (Å²) in [6, 6.07) is 7.45. The molecule has 3 rings (SSSR count). The summed E-state index contributed by atoms with van der Waals surface area (Å²) in [5.41, 5.74) is 0.147. The molecule has 0 amide bonds. The van der Waals surface area contributed by atoms with Crippen molar-refractivity contribution in [1.29, 1.82) is 0 Å². The summed E-state index contributed by atoms with van der Waals surface area (Å²) in [6.45, 7) is -0.0595. The zero-order valence-electron chi connectivity index (χ0n) is 10.1. The van der Waals surface area contributed by atoms with Crippen molar-refractivity contribution in [2.24, 2.45) is 0 Å². The Balaban J connectivity index is 2.12. The van der Waals surface area contributed by atoms with E-state index in [0.717, 1.165) is 18.4 Å². The standard InChI is InChI=1S/C13H17NO3S/c15-9-13(14-10-5-6-10)7-8-18(16,17)12-4-2-1-3-11(12)13/h1-4,10,14-15H,5-9H2. The van der Waals surface area contributed by atoms with Gasteiger partial charge in [-0.15, -0.1) is 0 Å². The van der Waals surface area contributed by atoms with Gasteiger partial charge in [0.25, 0.3) is 0 Å². The number of aliphatic hydroxyl groups is 1. The third kappa shape index (κ3) is 1.86. The average molecular weight is 267 g/mol. The van der Waals surface area contributed by atoms with E-state index in [1.165, 1.54) is 0 Å². The summed E-state index contributed by atoms with van der Waals surface area (Å²) in [4.78, 5) is 0.374. The zero-order valence-corrected chi connectivity index (χ0v) is 10.9. The monoisotopic (exact) mass is 267 g/mol. The zero-order chi connectivity index (χ0) is 12.8. The fourth-order valence-corrected chi connectivity index (χ4v) is 4.39. The molecule has 5 heteroatoms. The second kappa shape index (κ2) is 4.05. The van der Waals surface area contributed by atoms with Crippen LogP contribution in [0.4, 0.5) is 0 Å². The van der Waals surface area contributed by atoms with Crippen LogP contribution in [-0.2, 0) is 15.4 Å². The van der Waals surface area contributed by atoms with E-state index in [-0.39, 0.29) is 12.4 Å². The van der Waals surface area contributed by atoms with E-state index in [0.29, 0.717) is 17.4 Å². The van der Waals surface area contributed by atoms with Gasteiger partial charge in [-0.1, -0.05) is 18.2 Å². The first-order valence-electron chi connectivity index (χ1n) is 6.28. The van der Waals surface area contributed by atoms with Gasteiger partial charge >= 0.3 is 0 Å². The highest BCUT2D eigenvalue weighted by Crippen LogP contribution is 2.39. The van der Waals surface area contributed by atoms with Crippen molar-refractivity contribution in [3.8, 4) is 0 Å². The quantitative estimate of drug-likeness (QED) is 0.850. The van der Waals surface area contributed by atoms with E-state index in [4.69, 9.17) is 0 Å². The lowest BCUT2D eigenvalue weighted by molar-refractivity contribution is 0.149. The van der Waals surface area contributed by atoms with E-state index < -0.39 is 15.4 Å². The van der Waals surface area contributed by atoms with E-state index in [1.807, 2.05) is 12.1 Å². The molecule has 1 atom stereocenters. The number of sulfone groups is 1. The Bertz CT molecular complexity index is 565. The molecule has 1 heterocycles. The summed E-state index contributed by atoms with van der Waals surface area (Å²) in [7, 11) is -3.19. The van der Waals surface area contributed by atoms with Gasteiger partial charge in [0, 0.05) is 6.04 Å². The molecule has 2 aliphatic rings. The van der Waals surface area contributed by atoms with Crippen molar-refractivity contribution < 1.29 is 13.5 Å². The summed E-state index contributed by atoms with van der Waals surface area (Å²) < 4.78 is 24.1. The van der Waals surface area contributed by atoms with Crippen LogP contribution in [0.2, 0.25) is 0 Å². The van der Waals surface area contributed by atoms with Crippen molar-refractivity contribution in [2.75, 3.05) is 12.4 Å². The maximum Gasteiger partial charge on any atom is 0.178 e. The lowest BCUT2D eigenvalue weighted by Gasteiger charge is -2.38. The van der Waals surface area contributed by atoms with Crippen LogP contribution in [0.1, 0.15) is 24.8 Å². The van der Waals surface area contributed by atoms with Crippen LogP contribution in [0.3, 0.4) is 0 Å². The molecule has 4 nitrogen and oxygen atoms in total. The van der Waals surface area contributed by atoms with E-state index in [1.54, 1.807) is 12.1 Å². The third-order valence-corrected chi connectivity index (χ3v) is 5.63. The summed E-state index contributed by atoms with van der Waals surface area (Å²) in [6.07, 6.45) is 2.66. The summed E-state index contributed by atoms with van der Waals surface area (Å²) >= 11 is 0. The Labute approximate surface area is 107 Å². The molecule has 1 saturated carbocycles. The smallest absolute Gasteiger partial charge is 0.178 e. The average Bonchev–Trinajstić information content (AvgIpc) is 3.18. The Kier molecular flexibility index (Phi) is 2.73. The summed E-state index contributed by atoms with van der Waals surface area (Å²) in [5.74, 6) is 0.101. The van der Waals surface area contributed by atoms with Gasteiger partial charge in [-0.25, -0.2) is 8.42 Å². The SMILES string of the molecule is O=S1(=O)CCC(CO)(NC2CC2)c2ccccc21. The molecule has 2 N–H and O–H groups in total. The minimum atomic E-state index is -3.19. The molecule has 98 valence electrons. The Hall–Kier alpha value is -0.910. The molecule has 1 unspecified atom stereocenters. The minimum absolute atomic E-state index is 0.0595. The second-order valence-corrected chi connectivity index (χ2v) is 7.30. The molecule has 1 aromatic carbocycles. The highest BCUT2D eigenvalue weighted by atomic mass is 32.2. The third-order valence-electron chi connectivity index (χ3n) is 3.86. The van der Waals surface area contributed by atoms with Crippen molar-refractivity contribution in [1.82, 2.24) is 5.32 Å². The molecular weight excluding hydrogens is 250 g/mol. The predicted molar refractivity (Wildman–Crippen MR) is 68.0 cm³/mol. The molecule has 1 aromatic rings. The second-order valence-electron chi connectivity index (χ2n) is 5.22. The molecule has 1 aliphatic heterocycles. The number of hydrogen-bond donors (Lipinski definition) is 2. The highest BCUT2D eigenvalue weighted by molar-refractivity contribution is 7.91. The number of aliphatic hydroxyl groups excluding tert-OH is 1. The first-order chi connectivity index (χ1) is 8.57. The predicted octanol–water partition coefficient (Wildman–Crippen LogP) is 0.804.